The monoisotopic (exact) mass is 502 g/mol. The van der Waals surface area contributed by atoms with E-state index < -0.39 is 22.0 Å². The number of hydrogen-bond acceptors (Lipinski definition) is 5. The zero-order valence-corrected chi connectivity index (χ0v) is 21.4. The first-order valence-electron chi connectivity index (χ1n) is 12.4. The molecule has 1 saturated heterocycles. The van der Waals surface area contributed by atoms with Crippen LogP contribution in [0.15, 0.2) is 34.1 Å². The Morgan fingerprint density at radius 1 is 1.14 bits per heavy atom. The van der Waals surface area contributed by atoms with Gasteiger partial charge < -0.3 is 15.3 Å². The third-order valence-corrected chi connectivity index (χ3v) is 9.27. The van der Waals surface area contributed by atoms with E-state index in [0.29, 0.717) is 30.8 Å². The summed E-state index contributed by atoms with van der Waals surface area (Å²) in [5, 5.41) is 15.9. The lowest BCUT2D eigenvalue weighted by Gasteiger charge is -2.22. The highest BCUT2D eigenvalue weighted by Crippen LogP contribution is 2.47. The molecule has 2 aliphatic rings. The minimum absolute atomic E-state index is 0.157. The van der Waals surface area contributed by atoms with Crippen molar-refractivity contribution in [2.45, 2.75) is 88.1 Å². The highest BCUT2D eigenvalue weighted by molar-refractivity contribution is 7.91. The summed E-state index contributed by atoms with van der Waals surface area (Å²) in [5.74, 6) is 0.164. The molecule has 4 rings (SSSR count). The van der Waals surface area contributed by atoms with Crippen molar-refractivity contribution in [3.05, 3.63) is 35.7 Å². The predicted octanol–water partition coefficient (Wildman–Crippen LogP) is 3.79. The second kappa shape index (κ2) is 9.64. The van der Waals surface area contributed by atoms with Crippen LogP contribution in [0, 0.1) is 5.41 Å². The van der Waals surface area contributed by atoms with Gasteiger partial charge in [0.05, 0.1) is 28.2 Å². The van der Waals surface area contributed by atoms with Gasteiger partial charge in [0.2, 0.25) is 15.7 Å². The summed E-state index contributed by atoms with van der Waals surface area (Å²) < 4.78 is 29.1. The zero-order valence-electron chi connectivity index (χ0n) is 20.6. The molecule has 190 valence electrons. The molecule has 0 bridgehead atoms. The summed E-state index contributed by atoms with van der Waals surface area (Å²) in [5.41, 5.74) is 1.53. The fourth-order valence-electron chi connectivity index (χ4n) is 5.59. The lowest BCUT2D eigenvalue weighted by atomic mass is 9.85. The number of carboxylic acid groups (broad SMARTS) is 1. The van der Waals surface area contributed by atoms with Gasteiger partial charge in [-0.1, -0.05) is 26.7 Å². The third kappa shape index (κ3) is 4.55. The minimum Gasteiger partial charge on any atom is -0.465 e. The van der Waals surface area contributed by atoms with Crippen LogP contribution in [0.25, 0.3) is 0 Å². The van der Waals surface area contributed by atoms with Crippen molar-refractivity contribution in [1.82, 2.24) is 15.1 Å². The Hall–Kier alpha value is -2.88. The van der Waals surface area contributed by atoms with E-state index in [9.17, 15) is 18.0 Å². The maximum absolute atomic E-state index is 13.7. The van der Waals surface area contributed by atoms with Gasteiger partial charge in [-0.05, 0) is 63.3 Å². The van der Waals surface area contributed by atoms with E-state index in [1.54, 1.807) is 40.8 Å². The van der Waals surface area contributed by atoms with Crippen LogP contribution < -0.4 is 10.2 Å². The zero-order chi connectivity index (χ0) is 25.4. The highest BCUT2D eigenvalue weighted by atomic mass is 32.2. The van der Waals surface area contributed by atoms with E-state index in [2.05, 4.69) is 10.4 Å². The second-order valence-corrected chi connectivity index (χ2v) is 11.5. The van der Waals surface area contributed by atoms with Crippen molar-refractivity contribution in [2.24, 2.45) is 5.41 Å². The SMILES string of the molecule is CCc1nn(C[C@H](C)NC(=O)O)c(CC)c1S(=O)(=O)c1ccc(N2CCC3(CCCC3)C2=O)cc1. The van der Waals surface area contributed by atoms with E-state index in [4.69, 9.17) is 5.11 Å². The molecule has 2 aromatic rings. The number of aryl methyl sites for hydroxylation is 1. The summed E-state index contributed by atoms with van der Waals surface area (Å²) in [6.07, 6.45) is 4.66. The Morgan fingerprint density at radius 3 is 2.37 bits per heavy atom. The molecule has 1 aromatic carbocycles. The number of carbonyl (C=O) groups is 2. The average molecular weight is 503 g/mol. The Kier molecular flexibility index (Phi) is 6.95. The van der Waals surface area contributed by atoms with Crippen molar-refractivity contribution in [2.75, 3.05) is 11.4 Å². The number of aromatic nitrogens is 2. The molecule has 1 aliphatic carbocycles. The fourth-order valence-corrected chi connectivity index (χ4v) is 7.38. The number of hydrogen-bond donors (Lipinski definition) is 2. The Balaban J connectivity index is 1.63. The lowest BCUT2D eigenvalue weighted by molar-refractivity contribution is -0.125. The maximum Gasteiger partial charge on any atom is 0.404 e. The Bertz CT molecular complexity index is 1210. The number of anilines is 1. The average Bonchev–Trinajstić information content (AvgIpc) is 3.52. The number of nitrogens with zero attached hydrogens (tertiary/aromatic N) is 3. The summed E-state index contributed by atoms with van der Waals surface area (Å²) >= 11 is 0. The molecule has 0 unspecified atom stereocenters. The topological polar surface area (TPSA) is 122 Å². The van der Waals surface area contributed by atoms with E-state index in [1.807, 2.05) is 13.8 Å². The molecular formula is C25H34N4O5S. The van der Waals surface area contributed by atoms with Crippen LogP contribution in [0.3, 0.4) is 0 Å². The van der Waals surface area contributed by atoms with E-state index in [1.165, 1.54) is 0 Å². The van der Waals surface area contributed by atoms with Gasteiger partial charge in [-0.3, -0.25) is 9.48 Å². The Labute approximate surface area is 206 Å². The number of benzene rings is 1. The van der Waals surface area contributed by atoms with Crippen molar-refractivity contribution in [3.8, 4) is 0 Å². The first kappa shape index (κ1) is 25.2. The normalized spacial score (nSPS) is 18.4. The molecule has 2 amide bonds. The quantitative estimate of drug-likeness (QED) is 0.566. The molecule has 35 heavy (non-hydrogen) atoms. The van der Waals surface area contributed by atoms with Crippen molar-refractivity contribution < 1.29 is 23.1 Å². The first-order valence-corrected chi connectivity index (χ1v) is 13.9. The van der Waals surface area contributed by atoms with Crippen LogP contribution in [-0.2, 0) is 34.0 Å². The molecule has 10 heteroatoms. The molecule has 2 N–H and O–H groups in total. The molecule has 1 spiro atoms. The van der Waals surface area contributed by atoms with Crippen LogP contribution in [0.5, 0.6) is 0 Å². The number of sulfone groups is 1. The van der Waals surface area contributed by atoms with Gasteiger partial charge in [0.15, 0.2) is 0 Å². The van der Waals surface area contributed by atoms with Crippen molar-refractivity contribution in [1.29, 1.82) is 0 Å². The summed E-state index contributed by atoms with van der Waals surface area (Å²) in [6, 6.07) is 6.15. The van der Waals surface area contributed by atoms with Gasteiger partial charge in [0, 0.05) is 18.3 Å². The number of carbonyl (C=O) groups excluding carboxylic acids is 1. The standard InChI is InChI=1S/C25H34N4O5S/c1-4-20-22(21(5-2)29(27-20)16-17(3)26-24(31)32)35(33,34)19-10-8-18(9-11-19)28-15-14-25(23(28)30)12-6-7-13-25/h8-11,17,26H,4-7,12-16H2,1-3H3,(H,31,32)/t17-/m0/s1. The summed E-state index contributed by atoms with van der Waals surface area (Å²) in [6.45, 7) is 6.33. The molecular weight excluding hydrogens is 468 g/mol. The van der Waals surface area contributed by atoms with Crippen LogP contribution in [-0.4, -0.2) is 47.9 Å². The van der Waals surface area contributed by atoms with Gasteiger partial charge in [0.1, 0.15) is 4.90 Å². The van der Waals surface area contributed by atoms with Crippen LogP contribution in [0.1, 0.15) is 64.3 Å². The molecule has 2 heterocycles. The fraction of sp³-hybridized carbons (Fsp3) is 0.560. The highest BCUT2D eigenvalue weighted by Gasteiger charge is 2.48. The van der Waals surface area contributed by atoms with E-state index >= 15 is 0 Å². The molecule has 9 nitrogen and oxygen atoms in total. The van der Waals surface area contributed by atoms with Gasteiger partial charge >= 0.3 is 6.09 Å². The maximum atomic E-state index is 13.7. The first-order chi connectivity index (χ1) is 16.6. The molecule has 2 fully saturated rings. The number of rotatable bonds is 8. The third-order valence-electron chi connectivity index (χ3n) is 7.36. The van der Waals surface area contributed by atoms with E-state index in [0.717, 1.165) is 37.8 Å². The van der Waals surface area contributed by atoms with Gasteiger partial charge in [-0.15, -0.1) is 0 Å². The summed E-state index contributed by atoms with van der Waals surface area (Å²) in [7, 11) is -3.86. The van der Waals surface area contributed by atoms with Gasteiger partial charge in [-0.2, -0.15) is 5.10 Å². The number of nitrogens with one attached hydrogen (secondary N) is 1. The molecule has 1 aliphatic heterocycles. The minimum atomic E-state index is -3.86. The van der Waals surface area contributed by atoms with Crippen LogP contribution in [0.4, 0.5) is 10.5 Å². The van der Waals surface area contributed by atoms with E-state index in [-0.39, 0.29) is 27.7 Å². The molecule has 1 aromatic heterocycles. The number of amides is 2. The molecule has 1 saturated carbocycles. The lowest BCUT2D eigenvalue weighted by Crippen LogP contribution is -2.35. The summed E-state index contributed by atoms with van der Waals surface area (Å²) in [4.78, 5) is 26.2. The van der Waals surface area contributed by atoms with Crippen molar-refractivity contribution >= 4 is 27.5 Å². The van der Waals surface area contributed by atoms with Crippen LogP contribution >= 0.6 is 0 Å². The molecule has 0 radical (unpaired) electrons. The molecule has 1 atom stereocenters. The Morgan fingerprint density at radius 2 is 1.80 bits per heavy atom. The largest absolute Gasteiger partial charge is 0.465 e. The van der Waals surface area contributed by atoms with Gasteiger partial charge in [0.25, 0.3) is 0 Å². The van der Waals surface area contributed by atoms with Crippen LogP contribution in [0.2, 0.25) is 0 Å². The van der Waals surface area contributed by atoms with Crippen molar-refractivity contribution in [3.63, 3.8) is 0 Å². The van der Waals surface area contributed by atoms with Gasteiger partial charge in [-0.25, -0.2) is 13.2 Å². The predicted molar refractivity (Wildman–Crippen MR) is 131 cm³/mol. The smallest absolute Gasteiger partial charge is 0.404 e. The second-order valence-electron chi connectivity index (χ2n) is 9.65.